The van der Waals surface area contributed by atoms with Gasteiger partial charge in [-0.15, -0.1) is 11.8 Å². The number of nitrogens with one attached hydrogen (secondary N) is 1. The van der Waals surface area contributed by atoms with Crippen molar-refractivity contribution in [1.82, 2.24) is 4.90 Å². The highest BCUT2D eigenvalue weighted by Crippen LogP contribution is 2.37. The molecule has 1 aliphatic rings. The second kappa shape index (κ2) is 9.60. The summed E-state index contributed by atoms with van der Waals surface area (Å²) in [6.07, 6.45) is -1.13. The maximum absolute atomic E-state index is 12.9. The van der Waals surface area contributed by atoms with E-state index < -0.39 is 17.3 Å². The third kappa shape index (κ3) is 4.98. The van der Waals surface area contributed by atoms with Crippen LogP contribution in [0.3, 0.4) is 0 Å². The van der Waals surface area contributed by atoms with Gasteiger partial charge in [0, 0.05) is 23.5 Å². The van der Waals surface area contributed by atoms with Gasteiger partial charge in [0.2, 0.25) is 12.0 Å². The molecule has 2 atom stereocenters. The number of hydrogen-bond donors (Lipinski definition) is 1. The maximum atomic E-state index is 12.9. The summed E-state index contributed by atoms with van der Waals surface area (Å²) in [5.41, 5.74) is 1.36. The van der Waals surface area contributed by atoms with Crippen LogP contribution in [0.15, 0.2) is 59.5 Å². The Morgan fingerprint density at radius 2 is 1.72 bits per heavy atom. The van der Waals surface area contributed by atoms with Gasteiger partial charge in [-0.25, -0.2) is 0 Å². The fourth-order valence-corrected chi connectivity index (χ4v) is 4.24. The molecule has 1 aliphatic heterocycles. The topological polar surface area (TPSA) is 75.7 Å². The van der Waals surface area contributed by atoms with Crippen LogP contribution in [0.2, 0.25) is 0 Å². The van der Waals surface area contributed by atoms with Gasteiger partial charge in [-0.1, -0.05) is 42.5 Å². The zero-order valence-electron chi connectivity index (χ0n) is 16.5. The molecule has 0 unspecified atom stereocenters. The van der Waals surface area contributed by atoms with Gasteiger partial charge in [0.05, 0.1) is 17.4 Å². The quantitative estimate of drug-likeness (QED) is 0.703. The number of benzene rings is 2. The van der Waals surface area contributed by atoms with Crippen LogP contribution in [0.5, 0.6) is 0 Å². The molecule has 0 radical (unpaired) electrons. The van der Waals surface area contributed by atoms with Gasteiger partial charge in [-0.05, 0) is 26.0 Å². The van der Waals surface area contributed by atoms with Crippen molar-refractivity contribution in [3.05, 3.63) is 60.2 Å². The minimum absolute atomic E-state index is 0.111. The Balaban J connectivity index is 1.73. The average Bonchev–Trinajstić information content (AvgIpc) is 2.74. The number of likely N-dealkylation sites (N-methyl/N-ethyl adjacent to an activating group) is 1. The average molecular weight is 413 g/mol. The lowest BCUT2D eigenvalue weighted by atomic mass is 10.1. The molecule has 2 amide bonds. The summed E-state index contributed by atoms with van der Waals surface area (Å²) in [4.78, 5) is 40.5. The molecule has 2 aromatic carbocycles. The number of hydrogen-bond acceptors (Lipinski definition) is 5. The monoisotopic (exact) mass is 412 g/mol. The number of para-hydroxylation sites is 1. The molecule has 0 aromatic heterocycles. The minimum atomic E-state index is -1.02. The lowest BCUT2D eigenvalue weighted by Crippen LogP contribution is -2.37. The van der Waals surface area contributed by atoms with Gasteiger partial charge in [0.15, 0.2) is 0 Å². The molecule has 1 N–H and O–H groups in total. The summed E-state index contributed by atoms with van der Waals surface area (Å²) < 4.78 is 5.60. The Kier molecular flexibility index (Phi) is 6.93. The number of amides is 2. The van der Waals surface area contributed by atoms with Gasteiger partial charge in [0.1, 0.15) is 0 Å². The SMILES string of the molecule is CCN(CC)C(=O)[C@@H](OC(=O)C[C@@H]1Sc2ccccc2NC1=O)c1ccccc1. The Morgan fingerprint density at radius 1 is 1.07 bits per heavy atom. The standard InChI is InChI=1S/C22H24N2O4S/c1-3-24(4-2)22(27)20(15-10-6-5-7-11-15)28-19(25)14-18-21(26)23-16-12-8-9-13-17(16)29-18/h5-13,18,20H,3-4,14H2,1-2H3,(H,23,26)/t18-,20-/m0/s1. The van der Waals surface area contributed by atoms with Crippen molar-refractivity contribution in [2.24, 2.45) is 0 Å². The lowest BCUT2D eigenvalue weighted by Gasteiger charge is -2.27. The Bertz CT molecular complexity index is 883. The highest BCUT2D eigenvalue weighted by molar-refractivity contribution is 8.01. The zero-order chi connectivity index (χ0) is 20.8. The number of fused-ring (bicyclic) bond motifs is 1. The molecule has 0 spiro atoms. The summed E-state index contributed by atoms with van der Waals surface area (Å²) in [5, 5.41) is 2.22. The van der Waals surface area contributed by atoms with Gasteiger partial charge in [0.25, 0.3) is 5.91 Å². The second-order valence-corrected chi connectivity index (χ2v) is 7.83. The van der Waals surface area contributed by atoms with E-state index in [1.54, 1.807) is 29.2 Å². The predicted molar refractivity (Wildman–Crippen MR) is 113 cm³/mol. The molecule has 7 heteroatoms. The first-order valence-electron chi connectivity index (χ1n) is 9.63. The van der Waals surface area contributed by atoms with E-state index in [9.17, 15) is 14.4 Å². The van der Waals surface area contributed by atoms with Gasteiger partial charge in [-0.2, -0.15) is 0 Å². The molecule has 0 saturated heterocycles. The van der Waals surface area contributed by atoms with Crippen LogP contribution in [0.1, 0.15) is 31.9 Å². The molecule has 0 bridgehead atoms. The fraction of sp³-hybridized carbons (Fsp3) is 0.318. The summed E-state index contributed by atoms with van der Waals surface area (Å²) in [6, 6.07) is 16.4. The molecular weight excluding hydrogens is 388 g/mol. The molecule has 6 nitrogen and oxygen atoms in total. The first kappa shape index (κ1) is 20.9. The molecule has 0 saturated carbocycles. The van der Waals surface area contributed by atoms with Crippen LogP contribution < -0.4 is 5.32 Å². The Hall–Kier alpha value is -2.80. The van der Waals surface area contributed by atoms with Crippen LogP contribution >= 0.6 is 11.8 Å². The number of thioether (sulfide) groups is 1. The summed E-state index contributed by atoms with van der Waals surface area (Å²) >= 11 is 1.33. The fourth-order valence-electron chi connectivity index (χ4n) is 3.15. The first-order chi connectivity index (χ1) is 14.0. The number of ether oxygens (including phenoxy) is 1. The van der Waals surface area contributed by atoms with Crippen LogP contribution in [0.4, 0.5) is 5.69 Å². The number of esters is 1. The van der Waals surface area contributed by atoms with E-state index >= 15 is 0 Å². The summed E-state index contributed by atoms with van der Waals surface area (Å²) in [5.74, 6) is -1.08. The highest BCUT2D eigenvalue weighted by atomic mass is 32.2. The molecule has 29 heavy (non-hydrogen) atoms. The Labute approximate surface area is 174 Å². The highest BCUT2D eigenvalue weighted by Gasteiger charge is 2.33. The third-order valence-electron chi connectivity index (χ3n) is 4.71. The summed E-state index contributed by atoms with van der Waals surface area (Å²) in [7, 11) is 0. The van der Waals surface area contributed by atoms with Gasteiger partial charge < -0.3 is 15.0 Å². The molecule has 3 rings (SSSR count). The van der Waals surface area contributed by atoms with E-state index in [4.69, 9.17) is 4.74 Å². The lowest BCUT2D eigenvalue weighted by molar-refractivity contribution is -0.161. The molecule has 2 aromatic rings. The van der Waals surface area contributed by atoms with E-state index in [1.165, 1.54) is 11.8 Å². The normalized spacial score (nSPS) is 16.3. The summed E-state index contributed by atoms with van der Waals surface area (Å²) in [6.45, 7) is 4.80. The van der Waals surface area contributed by atoms with E-state index in [2.05, 4.69) is 5.32 Å². The van der Waals surface area contributed by atoms with Crippen LogP contribution in [0, 0.1) is 0 Å². The number of rotatable bonds is 7. The van der Waals surface area contributed by atoms with Gasteiger partial charge >= 0.3 is 5.97 Å². The largest absolute Gasteiger partial charge is 0.447 e. The van der Waals surface area contributed by atoms with Crippen LogP contribution in [-0.2, 0) is 19.1 Å². The van der Waals surface area contributed by atoms with Crippen molar-refractivity contribution >= 4 is 35.2 Å². The van der Waals surface area contributed by atoms with Crippen LogP contribution in [-0.4, -0.2) is 41.0 Å². The molecule has 1 heterocycles. The smallest absolute Gasteiger partial charge is 0.308 e. The maximum Gasteiger partial charge on any atom is 0.308 e. The number of carbonyl (C=O) groups excluding carboxylic acids is 3. The van der Waals surface area contributed by atoms with Crippen molar-refractivity contribution < 1.29 is 19.1 Å². The first-order valence-corrected chi connectivity index (χ1v) is 10.5. The number of nitrogens with zero attached hydrogens (tertiary/aromatic N) is 1. The van der Waals surface area contributed by atoms with Crippen molar-refractivity contribution in [2.75, 3.05) is 18.4 Å². The molecule has 152 valence electrons. The number of carbonyl (C=O) groups is 3. The van der Waals surface area contributed by atoms with E-state index in [0.717, 1.165) is 10.6 Å². The van der Waals surface area contributed by atoms with Crippen molar-refractivity contribution in [2.45, 2.75) is 36.5 Å². The Morgan fingerprint density at radius 3 is 2.41 bits per heavy atom. The van der Waals surface area contributed by atoms with E-state index in [0.29, 0.717) is 18.7 Å². The van der Waals surface area contributed by atoms with Gasteiger partial charge in [-0.3, -0.25) is 14.4 Å². The van der Waals surface area contributed by atoms with Crippen molar-refractivity contribution in [1.29, 1.82) is 0 Å². The van der Waals surface area contributed by atoms with E-state index in [1.807, 2.05) is 44.2 Å². The minimum Gasteiger partial charge on any atom is -0.447 e. The molecule has 0 fully saturated rings. The van der Waals surface area contributed by atoms with Crippen molar-refractivity contribution in [3.8, 4) is 0 Å². The molecule has 0 aliphatic carbocycles. The second-order valence-electron chi connectivity index (χ2n) is 6.59. The number of anilines is 1. The third-order valence-corrected chi connectivity index (χ3v) is 5.98. The molecular formula is C22H24N2O4S. The van der Waals surface area contributed by atoms with Crippen LogP contribution in [0.25, 0.3) is 0 Å². The van der Waals surface area contributed by atoms with E-state index in [-0.39, 0.29) is 18.2 Å². The zero-order valence-corrected chi connectivity index (χ0v) is 17.3. The van der Waals surface area contributed by atoms with Crippen molar-refractivity contribution in [3.63, 3.8) is 0 Å². The predicted octanol–water partition coefficient (Wildman–Crippen LogP) is 3.64.